The molecule has 90 valence electrons. The van der Waals surface area contributed by atoms with Crippen LogP contribution in [0.2, 0.25) is 0 Å². The molecule has 2 heterocycles. The second-order valence-electron chi connectivity index (χ2n) is 4.42. The summed E-state index contributed by atoms with van der Waals surface area (Å²) >= 11 is 0. The van der Waals surface area contributed by atoms with Gasteiger partial charge >= 0.3 is 0 Å². The van der Waals surface area contributed by atoms with Crippen LogP contribution in [0.15, 0.2) is 42.6 Å². The van der Waals surface area contributed by atoms with Crippen molar-refractivity contribution in [2.75, 3.05) is 0 Å². The maximum atomic E-state index is 5.69. The van der Waals surface area contributed by atoms with Crippen molar-refractivity contribution in [3.63, 3.8) is 0 Å². The summed E-state index contributed by atoms with van der Waals surface area (Å²) in [5.74, 6) is 0. The number of hydrogen-bond acceptors (Lipinski definition) is 2. The summed E-state index contributed by atoms with van der Waals surface area (Å²) in [6.07, 6.45) is 1.81. The molecular weight excluding hydrogens is 222 g/mol. The minimum atomic E-state index is 0.569. The lowest BCUT2D eigenvalue weighted by Crippen LogP contribution is -1.95. The number of nitrogens with zero attached hydrogens (tertiary/aromatic N) is 1. The Balaban J connectivity index is 2.23. The predicted molar refractivity (Wildman–Crippen MR) is 74.2 cm³/mol. The zero-order valence-corrected chi connectivity index (χ0v) is 10.3. The van der Waals surface area contributed by atoms with E-state index in [-0.39, 0.29) is 0 Å². The van der Waals surface area contributed by atoms with Crippen LogP contribution in [0.4, 0.5) is 0 Å². The number of nitrogens with two attached hydrogens (primary N) is 1. The summed E-state index contributed by atoms with van der Waals surface area (Å²) in [6.45, 7) is 2.68. The molecule has 0 unspecified atom stereocenters. The number of aryl methyl sites for hydroxylation is 1. The molecule has 3 nitrogen and oxygen atoms in total. The van der Waals surface area contributed by atoms with Gasteiger partial charge in [-0.1, -0.05) is 12.1 Å². The van der Waals surface area contributed by atoms with Gasteiger partial charge in [-0.3, -0.25) is 4.98 Å². The Labute approximate surface area is 106 Å². The van der Waals surface area contributed by atoms with Crippen LogP contribution >= 0.6 is 0 Å². The molecule has 3 rings (SSSR count). The zero-order valence-electron chi connectivity index (χ0n) is 10.3. The number of hydrogen-bond donors (Lipinski definition) is 2. The van der Waals surface area contributed by atoms with Gasteiger partial charge in [0.15, 0.2) is 0 Å². The van der Waals surface area contributed by atoms with Crippen molar-refractivity contribution in [3.05, 3.63) is 53.7 Å². The fourth-order valence-electron chi connectivity index (χ4n) is 2.27. The van der Waals surface area contributed by atoms with Crippen LogP contribution in [0.3, 0.4) is 0 Å². The largest absolute Gasteiger partial charge is 0.353 e. The molecule has 0 aliphatic heterocycles. The lowest BCUT2D eigenvalue weighted by atomic mass is 10.1. The van der Waals surface area contributed by atoms with Crippen molar-refractivity contribution in [2.45, 2.75) is 13.5 Å². The number of benzene rings is 1. The van der Waals surface area contributed by atoms with Gasteiger partial charge in [-0.2, -0.15) is 0 Å². The highest BCUT2D eigenvalue weighted by atomic mass is 14.8. The number of pyridine rings is 1. The van der Waals surface area contributed by atoms with Gasteiger partial charge < -0.3 is 10.7 Å². The highest BCUT2D eigenvalue weighted by molar-refractivity contribution is 5.90. The Morgan fingerprint density at radius 3 is 2.83 bits per heavy atom. The molecule has 0 aliphatic carbocycles. The first-order valence-electron chi connectivity index (χ1n) is 6.02. The Morgan fingerprint density at radius 2 is 2.11 bits per heavy atom. The second kappa shape index (κ2) is 4.27. The van der Waals surface area contributed by atoms with Gasteiger partial charge in [-0.25, -0.2) is 0 Å². The molecule has 0 amide bonds. The van der Waals surface area contributed by atoms with Gasteiger partial charge in [0.25, 0.3) is 0 Å². The van der Waals surface area contributed by atoms with Gasteiger partial charge in [-0.15, -0.1) is 0 Å². The van der Waals surface area contributed by atoms with Gasteiger partial charge in [-0.05, 0) is 42.3 Å². The van der Waals surface area contributed by atoms with Crippen LogP contribution < -0.4 is 5.73 Å². The molecule has 3 heteroatoms. The fourth-order valence-corrected chi connectivity index (χ4v) is 2.27. The van der Waals surface area contributed by atoms with Crippen LogP contribution in [-0.4, -0.2) is 9.97 Å². The van der Waals surface area contributed by atoms with Crippen molar-refractivity contribution < 1.29 is 0 Å². The van der Waals surface area contributed by atoms with Crippen molar-refractivity contribution in [1.29, 1.82) is 0 Å². The van der Waals surface area contributed by atoms with Crippen LogP contribution in [0.25, 0.3) is 22.3 Å². The molecule has 0 saturated carbocycles. The quantitative estimate of drug-likeness (QED) is 0.720. The number of aromatic nitrogens is 2. The minimum Gasteiger partial charge on any atom is -0.353 e. The third-order valence-electron chi connectivity index (χ3n) is 3.28. The molecule has 2 aromatic heterocycles. The number of fused-ring (bicyclic) bond motifs is 1. The van der Waals surface area contributed by atoms with E-state index in [4.69, 9.17) is 5.73 Å². The number of nitrogens with one attached hydrogen (secondary N) is 1. The molecule has 18 heavy (non-hydrogen) atoms. The van der Waals surface area contributed by atoms with E-state index in [0.29, 0.717) is 6.54 Å². The molecule has 0 atom stereocenters. The van der Waals surface area contributed by atoms with E-state index in [0.717, 1.165) is 22.5 Å². The lowest BCUT2D eigenvalue weighted by Gasteiger charge is -1.98. The molecule has 1 aromatic carbocycles. The van der Waals surface area contributed by atoms with E-state index in [2.05, 4.69) is 35.1 Å². The van der Waals surface area contributed by atoms with Crippen LogP contribution in [-0.2, 0) is 6.54 Å². The highest BCUT2D eigenvalue weighted by Crippen LogP contribution is 2.28. The van der Waals surface area contributed by atoms with E-state index in [9.17, 15) is 0 Å². The first kappa shape index (κ1) is 11.0. The molecule has 0 radical (unpaired) electrons. The molecule has 0 aliphatic rings. The summed E-state index contributed by atoms with van der Waals surface area (Å²) < 4.78 is 0. The third-order valence-corrected chi connectivity index (χ3v) is 3.28. The molecule has 0 saturated heterocycles. The average molecular weight is 237 g/mol. The number of aromatic amines is 1. The topological polar surface area (TPSA) is 54.7 Å². The average Bonchev–Trinajstić information content (AvgIpc) is 2.77. The Morgan fingerprint density at radius 1 is 1.22 bits per heavy atom. The summed E-state index contributed by atoms with van der Waals surface area (Å²) in [6, 6.07) is 12.2. The van der Waals surface area contributed by atoms with Crippen molar-refractivity contribution >= 4 is 10.9 Å². The lowest BCUT2D eigenvalue weighted by molar-refractivity contribution is 1.08. The molecule has 3 N–H and O–H groups in total. The Kier molecular flexibility index (Phi) is 2.61. The number of rotatable bonds is 2. The minimum absolute atomic E-state index is 0.569. The normalized spacial score (nSPS) is 11.0. The van der Waals surface area contributed by atoms with Crippen LogP contribution in [0.5, 0.6) is 0 Å². The molecule has 3 aromatic rings. The summed E-state index contributed by atoms with van der Waals surface area (Å²) in [4.78, 5) is 7.82. The molecule has 0 bridgehead atoms. The summed E-state index contributed by atoms with van der Waals surface area (Å²) in [5.41, 5.74) is 11.2. The molecular formula is C15H15N3. The van der Waals surface area contributed by atoms with E-state index in [1.807, 2.05) is 24.4 Å². The van der Waals surface area contributed by atoms with E-state index >= 15 is 0 Å². The molecule has 0 spiro atoms. The highest BCUT2D eigenvalue weighted by Gasteiger charge is 2.10. The van der Waals surface area contributed by atoms with Crippen molar-refractivity contribution in [1.82, 2.24) is 9.97 Å². The van der Waals surface area contributed by atoms with Crippen LogP contribution in [0, 0.1) is 6.92 Å². The van der Waals surface area contributed by atoms with Gasteiger partial charge in [0.2, 0.25) is 0 Å². The zero-order chi connectivity index (χ0) is 12.5. The van der Waals surface area contributed by atoms with Crippen molar-refractivity contribution in [3.8, 4) is 11.4 Å². The monoisotopic (exact) mass is 237 g/mol. The SMILES string of the molecule is Cc1c(-c2ccccn2)[nH]c2ccc(CN)cc12. The van der Waals surface area contributed by atoms with E-state index in [1.54, 1.807) is 0 Å². The second-order valence-corrected chi connectivity index (χ2v) is 4.42. The summed E-state index contributed by atoms with van der Waals surface area (Å²) in [7, 11) is 0. The Bertz CT molecular complexity index is 684. The van der Waals surface area contributed by atoms with Crippen molar-refractivity contribution in [2.24, 2.45) is 5.73 Å². The Hall–Kier alpha value is -2.13. The standard InChI is InChI=1S/C15H15N3/c1-10-12-8-11(9-16)5-6-13(12)18-15(10)14-4-2-3-7-17-14/h2-8,18H,9,16H2,1H3. The first-order chi connectivity index (χ1) is 8.79. The third kappa shape index (κ3) is 1.69. The van der Waals surface area contributed by atoms with Gasteiger partial charge in [0.1, 0.15) is 0 Å². The van der Waals surface area contributed by atoms with Crippen LogP contribution in [0.1, 0.15) is 11.1 Å². The van der Waals surface area contributed by atoms with Gasteiger partial charge in [0.05, 0.1) is 11.4 Å². The maximum absolute atomic E-state index is 5.69. The fraction of sp³-hybridized carbons (Fsp3) is 0.133. The van der Waals surface area contributed by atoms with Gasteiger partial charge in [0, 0.05) is 23.6 Å². The smallest absolute Gasteiger partial charge is 0.0867 e. The van der Waals surface area contributed by atoms with E-state index in [1.165, 1.54) is 10.9 Å². The summed E-state index contributed by atoms with van der Waals surface area (Å²) in [5, 5.41) is 1.22. The molecule has 0 fully saturated rings. The number of H-pyrrole nitrogens is 1. The van der Waals surface area contributed by atoms with E-state index < -0.39 is 0 Å². The maximum Gasteiger partial charge on any atom is 0.0867 e. The predicted octanol–water partition coefficient (Wildman–Crippen LogP) is 3.00. The first-order valence-corrected chi connectivity index (χ1v) is 6.02.